The lowest BCUT2D eigenvalue weighted by atomic mass is 9.85. The van der Waals surface area contributed by atoms with Crippen molar-refractivity contribution >= 4 is 17.3 Å². The second-order valence-corrected chi connectivity index (χ2v) is 7.34. The zero-order valence-electron chi connectivity index (χ0n) is 13.7. The molecule has 1 aromatic carbocycles. The molecule has 2 rings (SSSR count). The molecule has 0 unspecified atom stereocenters. The Hall–Kier alpha value is -0.730. The molecule has 0 radical (unpaired) electrons. The van der Waals surface area contributed by atoms with Gasteiger partial charge in [0.1, 0.15) is 0 Å². The first-order valence-corrected chi connectivity index (χ1v) is 8.64. The zero-order chi connectivity index (χ0) is 15.3. The first kappa shape index (κ1) is 16.6. The Morgan fingerprint density at radius 3 is 2.81 bits per heavy atom. The van der Waals surface area contributed by atoms with Crippen molar-refractivity contribution in [1.82, 2.24) is 5.32 Å². The second-order valence-electron chi connectivity index (χ2n) is 6.93. The maximum absolute atomic E-state index is 6.53. The van der Waals surface area contributed by atoms with Gasteiger partial charge < -0.3 is 10.2 Å². The Kier molecular flexibility index (Phi) is 5.95. The summed E-state index contributed by atoms with van der Waals surface area (Å²) in [5, 5.41) is 4.40. The standard InChI is InChI=1S/C18H29ClN2/c1-4-11-20-14-15-7-5-8-16(19)17(15)21-12-6-9-18(2,3)10-13-21/h5,7-8,20H,4,6,9-14H2,1-3H3. The van der Waals surface area contributed by atoms with E-state index in [4.69, 9.17) is 11.6 Å². The molecule has 1 heterocycles. The minimum Gasteiger partial charge on any atom is -0.370 e. The Morgan fingerprint density at radius 1 is 1.24 bits per heavy atom. The molecule has 0 amide bonds. The van der Waals surface area contributed by atoms with E-state index in [0.29, 0.717) is 5.41 Å². The number of para-hydroxylation sites is 1. The fraction of sp³-hybridized carbons (Fsp3) is 0.667. The van der Waals surface area contributed by atoms with Gasteiger partial charge in [0.2, 0.25) is 0 Å². The van der Waals surface area contributed by atoms with Crippen LogP contribution in [0.5, 0.6) is 0 Å². The number of halogens is 1. The first-order chi connectivity index (χ1) is 10.0. The molecule has 1 aliphatic rings. The summed E-state index contributed by atoms with van der Waals surface area (Å²) in [6, 6.07) is 6.30. The molecule has 3 heteroatoms. The molecule has 0 aromatic heterocycles. The summed E-state index contributed by atoms with van der Waals surface area (Å²) in [5.41, 5.74) is 3.03. The van der Waals surface area contributed by atoms with E-state index in [1.54, 1.807) is 0 Å². The van der Waals surface area contributed by atoms with Crippen LogP contribution in [0.3, 0.4) is 0 Å². The van der Waals surface area contributed by atoms with Crippen LogP contribution in [0.2, 0.25) is 5.02 Å². The first-order valence-electron chi connectivity index (χ1n) is 8.26. The highest BCUT2D eigenvalue weighted by Crippen LogP contribution is 2.36. The number of nitrogens with zero attached hydrogens (tertiary/aromatic N) is 1. The summed E-state index contributed by atoms with van der Waals surface area (Å²) in [6.07, 6.45) is 4.95. The lowest BCUT2D eigenvalue weighted by molar-refractivity contribution is 0.325. The predicted octanol–water partition coefficient (Wildman–Crippen LogP) is 4.86. The monoisotopic (exact) mass is 308 g/mol. The fourth-order valence-corrected chi connectivity index (χ4v) is 3.42. The minimum absolute atomic E-state index is 0.455. The Bertz CT molecular complexity index is 457. The molecule has 0 aliphatic carbocycles. The van der Waals surface area contributed by atoms with E-state index < -0.39 is 0 Å². The number of anilines is 1. The summed E-state index contributed by atoms with van der Waals surface area (Å²) in [6.45, 7) is 11.1. The van der Waals surface area contributed by atoms with Crippen LogP contribution in [0.15, 0.2) is 18.2 Å². The van der Waals surface area contributed by atoms with E-state index in [1.165, 1.54) is 30.5 Å². The van der Waals surface area contributed by atoms with Gasteiger partial charge in [-0.05, 0) is 49.3 Å². The van der Waals surface area contributed by atoms with Gasteiger partial charge in [-0.2, -0.15) is 0 Å². The lowest BCUT2D eigenvalue weighted by Gasteiger charge is -2.28. The van der Waals surface area contributed by atoms with Crippen molar-refractivity contribution in [2.75, 3.05) is 24.5 Å². The third kappa shape index (κ3) is 4.62. The molecule has 2 nitrogen and oxygen atoms in total. The van der Waals surface area contributed by atoms with Crippen molar-refractivity contribution in [3.8, 4) is 0 Å². The third-order valence-corrected chi connectivity index (χ3v) is 4.77. The average Bonchev–Trinajstić information content (AvgIpc) is 2.60. The van der Waals surface area contributed by atoms with E-state index in [0.717, 1.165) is 37.6 Å². The molecular formula is C18H29ClN2. The highest BCUT2D eigenvalue weighted by molar-refractivity contribution is 6.33. The van der Waals surface area contributed by atoms with Gasteiger partial charge in [0.25, 0.3) is 0 Å². The van der Waals surface area contributed by atoms with E-state index >= 15 is 0 Å². The fourth-order valence-electron chi connectivity index (χ4n) is 3.10. The third-order valence-electron chi connectivity index (χ3n) is 4.47. The second kappa shape index (κ2) is 7.51. The van der Waals surface area contributed by atoms with Crippen molar-refractivity contribution in [2.24, 2.45) is 5.41 Å². The Morgan fingerprint density at radius 2 is 2.05 bits per heavy atom. The highest BCUT2D eigenvalue weighted by atomic mass is 35.5. The Labute approximate surface area is 134 Å². The van der Waals surface area contributed by atoms with Crippen LogP contribution in [0.4, 0.5) is 5.69 Å². The van der Waals surface area contributed by atoms with Crippen molar-refractivity contribution in [3.05, 3.63) is 28.8 Å². The van der Waals surface area contributed by atoms with E-state index in [2.05, 4.69) is 43.1 Å². The number of nitrogens with one attached hydrogen (secondary N) is 1. The van der Waals surface area contributed by atoms with Crippen molar-refractivity contribution in [2.45, 2.75) is 53.0 Å². The quantitative estimate of drug-likeness (QED) is 0.782. The maximum Gasteiger partial charge on any atom is 0.0642 e. The predicted molar refractivity (Wildman–Crippen MR) is 93.3 cm³/mol. The smallest absolute Gasteiger partial charge is 0.0642 e. The van der Waals surface area contributed by atoms with Gasteiger partial charge in [0.05, 0.1) is 10.7 Å². The van der Waals surface area contributed by atoms with E-state index in [-0.39, 0.29) is 0 Å². The summed E-state index contributed by atoms with van der Waals surface area (Å²) in [4.78, 5) is 2.50. The van der Waals surface area contributed by atoms with Crippen LogP contribution in [0.1, 0.15) is 52.0 Å². The van der Waals surface area contributed by atoms with Gasteiger partial charge in [0.15, 0.2) is 0 Å². The minimum atomic E-state index is 0.455. The van der Waals surface area contributed by atoms with Crippen LogP contribution in [-0.4, -0.2) is 19.6 Å². The van der Waals surface area contributed by atoms with Crippen molar-refractivity contribution in [1.29, 1.82) is 0 Å². The van der Waals surface area contributed by atoms with Gasteiger partial charge >= 0.3 is 0 Å². The summed E-state index contributed by atoms with van der Waals surface area (Å²) in [5.74, 6) is 0. The lowest BCUT2D eigenvalue weighted by Crippen LogP contribution is -2.27. The van der Waals surface area contributed by atoms with Gasteiger partial charge in [0, 0.05) is 19.6 Å². The number of rotatable bonds is 5. The van der Waals surface area contributed by atoms with Crippen LogP contribution in [-0.2, 0) is 6.54 Å². The van der Waals surface area contributed by atoms with Gasteiger partial charge in [-0.25, -0.2) is 0 Å². The maximum atomic E-state index is 6.53. The van der Waals surface area contributed by atoms with Crippen molar-refractivity contribution in [3.63, 3.8) is 0 Å². The van der Waals surface area contributed by atoms with Crippen LogP contribution < -0.4 is 10.2 Å². The molecule has 1 N–H and O–H groups in total. The number of hydrogen-bond donors (Lipinski definition) is 1. The van der Waals surface area contributed by atoms with E-state index in [1.807, 2.05) is 6.07 Å². The molecule has 1 saturated heterocycles. The van der Waals surface area contributed by atoms with Crippen LogP contribution in [0.25, 0.3) is 0 Å². The molecule has 0 saturated carbocycles. The average molecular weight is 309 g/mol. The summed E-state index contributed by atoms with van der Waals surface area (Å²) in [7, 11) is 0. The molecule has 118 valence electrons. The van der Waals surface area contributed by atoms with Crippen LogP contribution >= 0.6 is 11.6 Å². The topological polar surface area (TPSA) is 15.3 Å². The normalized spacial score (nSPS) is 18.6. The summed E-state index contributed by atoms with van der Waals surface area (Å²) >= 11 is 6.53. The molecule has 0 bridgehead atoms. The Balaban J connectivity index is 2.17. The van der Waals surface area contributed by atoms with Gasteiger partial charge in [-0.15, -0.1) is 0 Å². The van der Waals surface area contributed by atoms with Gasteiger partial charge in [-0.1, -0.05) is 44.5 Å². The number of benzene rings is 1. The molecule has 21 heavy (non-hydrogen) atoms. The largest absolute Gasteiger partial charge is 0.370 e. The van der Waals surface area contributed by atoms with Gasteiger partial charge in [-0.3, -0.25) is 0 Å². The zero-order valence-corrected chi connectivity index (χ0v) is 14.5. The van der Waals surface area contributed by atoms with Crippen LogP contribution in [0, 0.1) is 5.41 Å². The highest BCUT2D eigenvalue weighted by Gasteiger charge is 2.25. The molecule has 0 atom stereocenters. The molecular weight excluding hydrogens is 280 g/mol. The SMILES string of the molecule is CCCNCc1cccc(Cl)c1N1CCCC(C)(C)CC1. The number of hydrogen-bond acceptors (Lipinski definition) is 2. The van der Waals surface area contributed by atoms with Crippen molar-refractivity contribution < 1.29 is 0 Å². The molecule has 1 aromatic rings. The molecule has 1 fully saturated rings. The van der Waals surface area contributed by atoms with E-state index in [9.17, 15) is 0 Å². The molecule has 0 spiro atoms. The summed E-state index contributed by atoms with van der Waals surface area (Å²) < 4.78 is 0. The molecule has 1 aliphatic heterocycles.